The van der Waals surface area contributed by atoms with Crippen LogP contribution in [0.15, 0.2) is 24.9 Å². The molecule has 13 heteroatoms. The van der Waals surface area contributed by atoms with Gasteiger partial charge in [-0.2, -0.15) is 0 Å². The molecule has 0 fully saturated rings. The fraction of sp³-hybridized carbons (Fsp3) is 0.818. The maximum atomic E-state index is 6.49. The van der Waals surface area contributed by atoms with Crippen LogP contribution >= 0.6 is 0 Å². The van der Waals surface area contributed by atoms with Crippen LogP contribution in [0.5, 0.6) is 0 Å². The molecule has 0 radical (unpaired) electrons. The predicted molar refractivity (Wildman–Crippen MR) is 129 cm³/mol. The smallest absolute Gasteiger partial charge is 0.382 e. The van der Waals surface area contributed by atoms with Crippen molar-refractivity contribution in [3.63, 3.8) is 0 Å². The van der Waals surface area contributed by atoms with E-state index in [-0.39, 0.29) is 66.1 Å². The van der Waals surface area contributed by atoms with E-state index in [9.17, 15) is 0 Å². The highest BCUT2D eigenvalue weighted by molar-refractivity contribution is 6.66. The summed E-state index contributed by atoms with van der Waals surface area (Å²) in [5, 5.41) is 0. The van der Waals surface area contributed by atoms with E-state index >= 15 is 0 Å². The molecular weight excluding hydrogens is 484 g/mol. The molecule has 0 aromatic heterocycles. The highest BCUT2D eigenvalue weighted by atomic mass is 28.4. The van der Waals surface area contributed by atoms with Gasteiger partial charge in [0.25, 0.3) is 5.79 Å². The summed E-state index contributed by atoms with van der Waals surface area (Å²) in [6, 6.07) is 0. The fourth-order valence-electron chi connectivity index (χ4n) is 2.71. The Morgan fingerprint density at radius 3 is 1.31 bits per heavy atom. The average Bonchev–Trinajstić information content (AvgIpc) is 2.87. The summed E-state index contributed by atoms with van der Waals surface area (Å²) in [5.41, 5.74) is 1.46. The molecule has 0 aliphatic rings. The first-order valence-electron chi connectivity index (χ1n) is 11.1. The van der Waals surface area contributed by atoms with Gasteiger partial charge in [-0.1, -0.05) is 13.2 Å². The van der Waals surface area contributed by atoms with Gasteiger partial charge in [-0.25, -0.2) is 0 Å². The minimum atomic E-state index is -3.72. The molecule has 1 unspecified atom stereocenters. The Hall–Kier alpha value is -0.783. The Kier molecular flexibility index (Phi) is 19.8. The van der Waals surface area contributed by atoms with Gasteiger partial charge in [-0.05, 0) is 11.8 Å². The van der Waals surface area contributed by atoms with Gasteiger partial charge in [0.15, 0.2) is 0 Å². The lowest BCUT2D eigenvalue weighted by molar-refractivity contribution is -0.471. The SMILES string of the molecule is C=CC(OCCOC)(O[Si](C=C)(OCCOC)OCCOC)C(OC)(OCCOC)OCCOC. The number of hydrogen-bond donors (Lipinski definition) is 0. The largest absolute Gasteiger partial charge is 0.531 e. The summed E-state index contributed by atoms with van der Waals surface area (Å²) in [5.74, 6) is -3.86. The van der Waals surface area contributed by atoms with Gasteiger partial charge in [-0.3, -0.25) is 0 Å². The first-order chi connectivity index (χ1) is 16.9. The molecule has 12 nitrogen and oxygen atoms in total. The first-order valence-corrected chi connectivity index (χ1v) is 12.9. The molecule has 0 N–H and O–H groups in total. The molecule has 0 aromatic carbocycles. The molecule has 0 heterocycles. The summed E-state index contributed by atoms with van der Waals surface area (Å²) in [6.45, 7) is 9.61. The molecule has 0 amide bonds. The second-order valence-corrected chi connectivity index (χ2v) is 9.14. The zero-order valence-corrected chi connectivity index (χ0v) is 23.0. The van der Waals surface area contributed by atoms with Crippen molar-refractivity contribution >= 4 is 8.80 Å². The van der Waals surface area contributed by atoms with Gasteiger partial charge in [0.2, 0.25) is 0 Å². The zero-order chi connectivity index (χ0) is 26.5. The molecule has 0 saturated carbocycles. The van der Waals surface area contributed by atoms with Crippen molar-refractivity contribution in [3.05, 3.63) is 24.9 Å². The van der Waals surface area contributed by atoms with E-state index in [1.165, 1.54) is 26.0 Å². The number of methoxy groups -OCH3 is 6. The Balaban J connectivity index is 6.50. The van der Waals surface area contributed by atoms with Crippen LogP contribution in [0.3, 0.4) is 0 Å². The van der Waals surface area contributed by atoms with Gasteiger partial charge < -0.3 is 55.9 Å². The zero-order valence-electron chi connectivity index (χ0n) is 22.0. The van der Waals surface area contributed by atoms with Crippen LogP contribution < -0.4 is 0 Å². The van der Waals surface area contributed by atoms with Gasteiger partial charge >= 0.3 is 14.8 Å². The van der Waals surface area contributed by atoms with E-state index < -0.39 is 20.6 Å². The van der Waals surface area contributed by atoms with E-state index in [0.717, 1.165) is 0 Å². The van der Waals surface area contributed by atoms with Crippen LogP contribution in [0.4, 0.5) is 0 Å². The molecule has 208 valence electrons. The topological polar surface area (TPSA) is 111 Å². The summed E-state index contributed by atoms with van der Waals surface area (Å²) in [4.78, 5) is 0. The summed E-state index contributed by atoms with van der Waals surface area (Å²) in [7, 11) is 5.40. The fourth-order valence-corrected chi connectivity index (χ4v) is 4.66. The minimum Gasteiger partial charge on any atom is -0.382 e. The van der Waals surface area contributed by atoms with Gasteiger partial charge in [-0.15, -0.1) is 0 Å². The monoisotopic (exact) mass is 528 g/mol. The number of ether oxygens (including phenoxy) is 9. The van der Waals surface area contributed by atoms with Crippen molar-refractivity contribution in [2.24, 2.45) is 0 Å². The molecule has 0 saturated heterocycles. The molecule has 1 atom stereocenters. The Morgan fingerprint density at radius 1 is 0.571 bits per heavy atom. The highest BCUT2D eigenvalue weighted by Gasteiger charge is 2.62. The predicted octanol–water partition coefficient (Wildman–Crippen LogP) is 1.16. The number of hydrogen-bond acceptors (Lipinski definition) is 12. The van der Waals surface area contributed by atoms with Crippen molar-refractivity contribution < 1.29 is 55.9 Å². The van der Waals surface area contributed by atoms with E-state index in [1.807, 2.05) is 0 Å². The van der Waals surface area contributed by atoms with Gasteiger partial charge in [0, 0.05) is 42.7 Å². The normalized spacial score (nSPS) is 14.1. The lowest BCUT2D eigenvalue weighted by Crippen LogP contribution is -2.66. The molecule has 0 spiro atoms. The third kappa shape index (κ3) is 11.4. The van der Waals surface area contributed by atoms with Crippen LogP contribution in [-0.4, -0.2) is 129 Å². The lowest BCUT2D eigenvalue weighted by Gasteiger charge is -2.47. The third-order valence-corrected chi connectivity index (χ3v) is 6.75. The molecular formula is C22H44O12Si. The van der Waals surface area contributed by atoms with Crippen molar-refractivity contribution in [1.82, 2.24) is 0 Å². The maximum absolute atomic E-state index is 6.49. The van der Waals surface area contributed by atoms with E-state index in [2.05, 4.69) is 13.2 Å². The maximum Gasteiger partial charge on any atom is 0.531 e. The second-order valence-electron chi connectivity index (χ2n) is 6.75. The van der Waals surface area contributed by atoms with Crippen molar-refractivity contribution in [3.8, 4) is 0 Å². The quantitative estimate of drug-likeness (QED) is 0.0695. The Labute approximate surface area is 210 Å². The van der Waals surface area contributed by atoms with E-state index in [4.69, 9.17) is 55.9 Å². The Morgan fingerprint density at radius 2 is 0.971 bits per heavy atom. The molecule has 0 aromatic rings. The van der Waals surface area contributed by atoms with Crippen LogP contribution in [0.25, 0.3) is 0 Å². The molecule has 0 aliphatic heterocycles. The lowest BCUT2D eigenvalue weighted by atomic mass is 10.2. The van der Waals surface area contributed by atoms with E-state index in [1.54, 1.807) is 28.4 Å². The minimum absolute atomic E-state index is 0.0622. The van der Waals surface area contributed by atoms with Crippen molar-refractivity contribution in [1.29, 1.82) is 0 Å². The van der Waals surface area contributed by atoms with Gasteiger partial charge in [0.05, 0.1) is 66.1 Å². The van der Waals surface area contributed by atoms with E-state index in [0.29, 0.717) is 0 Å². The average molecular weight is 529 g/mol. The molecule has 0 bridgehead atoms. The summed E-state index contributed by atoms with van der Waals surface area (Å²) >= 11 is 0. The molecule has 0 aliphatic carbocycles. The standard InChI is InChI=1S/C22H44O12Si/c1-9-21(29-16-11-23-3,22(28-8,30-17-12-24-4)31-18-13-25-5)34-35(10-2,32-19-14-26-6)33-20-15-27-7/h9-10H,1-2,11-20H2,3-8H3. The summed E-state index contributed by atoms with van der Waals surface area (Å²) < 4.78 is 68.2. The van der Waals surface area contributed by atoms with Crippen LogP contribution in [0.2, 0.25) is 0 Å². The highest BCUT2D eigenvalue weighted by Crippen LogP contribution is 2.38. The van der Waals surface area contributed by atoms with Crippen molar-refractivity contribution in [2.75, 3.05) is 109 Å². The van der Waals surface area contributed by atoms with Crippen molar-refractivity contribution in [2.45, 2.75) is 11.8 Å². The molecule has 0 rings (SSSR count). The second kappa shape index (κ2) is 20.3. The van der Waals surface area contributed by atoms with Gasteiger partial charge in [0.1, 0.15) is 0 Å². The van der Waals surface area contributed by atoms with Crippen LogP contribution in [0, 0.1) is 0 Å². The third-order valence-electron chi connectivity index (χ3n) is 4.45. The molecule has 35 heavy (non-hydrogen) atoms. The number of rotatable bonds is 26. The van der Waals surface area contributed by atoms with Crippen LogP contribution in [-0.2, 0) is 55.9 Å². The van der Waals surface area contributed by atoms with Crippen LogP contribution in [0.1, 0.15) is 0 Å². The first kappa shape index (κ1) is 34.2. The Bertz CT molecular complexity index is 519. The summed E-state index contributed by atoms with van der Waals surface area (Å²) in [6.07, 6.45) is 1.36.